The van der Waals surface area contributed by atoms with Crippen LogP contribution >= 0.6 is 0 Å². The van der Waals surface area contributed by atoms with Gasteiger partial charge in [-0.15, -0.1) is 0 Å². The van der Waals surface area contributed by atoms with E-state index in [1.54, 1.807) is 42.2 Å². The third kappa shape index (κ3) is 2.45. The van der Waals surface area contributed by atoms with Crippen molar-refractivity contribution in [2.24, 2.45) is 12.2 Å². The van der Waals surface area contributed by atoms with Crippen LogP contribution in [0.5, 0.6) is 0 Å². The molecule has 1 unspecified atom stereocenters. The molecular weight excluding hydrogens is 299 g/mol. The lowest BCUT2D eigenvalue weighted by Crippen LogP contribution is -2.45. The minimum absolute atomic E-state index is 0.0533. The Kier molecular flexibility index (Phi) is 3.21. The van der Waals surface area contributed by atoms with Gasteiger partial charge < -0.3 is 9.94 Å². The van der Waals surface area contributed by atoms with Gasteiger partial charge in [0.25, 0.3) is 0 Å². The second kappa shape index (κ2) is 4.84. The summed E-state index contributed by atoms with van der Waals surface area (Å²) in [7, 11) is 1.79. The highest BCUT2D eigenvalue weighted by molar-refractivity contribution is 6.01. The number of benzene rings is 1. The summed E-state index contributed by atoms with van der Waals surface area (Å²) in [5.41, 5.74) is 2.29. The molecule has 22 heavy (non-hydrogen) atoms. The molecule has 0 fully saturated rings. The summed E-state index contributed by atoms with van der Waals surface area (Å²) >= 11 is 0. The molecule has 1 aliphatic rings. The average Bonchev–Trinajstić information content (AvgIpc) is 3.06. The van der Waals surface area contributed by atoms with Gasteiger partial charge in [-0.1, -0.05) is 29.4 Å². The first kappa shape index (κ1) is 14.6. The third-order valence-corrected chi connectivity index (χ3v) is 3.41. The number of halogens is 3. The predicted octanol–water partition coefficient (Wildman–Crippen LogP) is 2.46. The Hall–Kier alpha value is -2.35. The van der Waals surface area contributed by atoms with E-state index >= 15 is 0 Å². The van der Waals surface area contributed by atoms with E-state index in [-0.39, 0.29) is 5.71 Å². The van der Waals surface area contributed by atoms with E-state index in [0.29, 0.717) is 5.56 Å². The molecule has 0 aliphatic carbocycles. The van der Waals surface area contributed by atoms with Crippen LogP contribution in [-0.4, -0.2) is 32.6 Å². The number of nitrogens with zero attached hydrogens (tertiary/aromatic N) is 3. The SMILES string of the molecule is Cn1cc(-c2ccc(C3=NOC(O)(C(F)(F)F)C3)cc2)cn1. The van der Waals surface area contributed by atoms with Crippen molar-refractivity contribution in [1.29, 1.82) is 0 Å². The third-order valence-electron chi connectivity index (χ3n) is 3.41. The lowest BCUT2D eigenvalue weighted by Gasteiger charge is -2.22. The summed E-state index contributed by atoms with van der Waals surface area (Å²) < 4.78 is 39.6. The summed E-state index contributed by atoms with van der Waals surface area (Å²) in [5.74, 6) is -3.25. The number of aliphatic hydroxyl groups is 1. The molecule has 3 rings (SSSR count). The Morgan fingerprint density at radius 3 is 2.32 bits per heavy atom. The number of rotatable bonds is 2. The first-order valence-electron chi connectivity index (χ1n) is 6.42. The normalized spacial score (nSPS) is 21.6. The van der Waals surface area contributed by atoms with Crippen LogP contribution in [0.1, 0.15) is 12.0 Å². The number of aromatic nitrogens is 2. The Bertz CT molecular complexity index is 722. The fourth-order valence-electron chi connectivity index (χ4n) is 2.15. The number of oxime groups is 1. The van der Waals surface area contributed by atoms with Crippen LogP contribution in [0.4, 0.5) is 13.2 Å². The average molecular weight is 311 g/mol. The summed E-state index contributed by atoms with van der Waals surface area (Å²) in [6.45, 7) is 0. The minimum Gasteiger partial charge on any atom is -0.350 e. The highest BCUT2D eigenvalue weighted by Gasteiger charge is 2.60. The van der Waals surface area contributed by atoms with Crippen molar-refractivity contribution in [3.05, 3.63) is 42.2 Å². The van der Waals surface area contributed by atoms with Crippen molar-refractivity contribution in [2.45, 2.75) is 18.4 Å². The monoisotopic (exact) mass is 311 g/mol. The van der Waals surface area contributed by atoms with Crippen LogP contribution < -0.4 is 0 Å². The van der Waals surface area contributed by atoms with Gasteiger partial charge >= 0.3 is 12.0 Å². The molecule has 8 heteroatoms. The molecule has 1 atom stereocenters. The largest absolute Gasteiger partial charge is 0.458 e. The molecule has 1 aromatic heterocycles. The Labute approximate surface area is 123 Å². The molecule has 0 bridgehead atoms. The zero-order chi connectivity index (χ0) is 16.0. The van der Waals surface area contributed by atoms with Crippen LogP contribution in [0.25, 0.3) is 11.1 Å². The van der Waals surface area contributed by atoms with E-state index in [1.807, 2.05) is 6.20 Å². The fraction of sp³-hybridized carbons (Fsp3) is 0.286. The van der Waals surface area contributed by atoms with Crippen LogP contribution in [0, 0.1) is 0 Å². The van der Waals surface area contributed by atoms with E-state index in [9.17, 15) is 18.3 Å². The van der Waals surface area contributed by atoms with Gasteiger partial charge in [0.05, 0.1) is 18.3 Å². The van der Waals surface area contributed by atoms with Gasteiger partial charge in [0.1, 0.15) is 0 Å². The maximum absolute atomic E-state index is 12.7. The number of alkyl halides is 3. The molecule has 0 spiro atoms. The molecule has 1 aromatic carbocycles. The zero-order valence-corrected chi connectivity index (χ0v) is 11.5. The smallest absolute Gasteiger partial charge is 0.350 e. The van der Waals surface area contributed by atoms with E-state index in [4.69, 9.17) is 0 Å². The molecule has 1 N–H and O–H groups in total. The van der Waals surface area contributed by atoms with Crippen molar-refractivity contribution in [3.8, 4) is 11.1 Å². The van der Waals surface area contributed by atoms with Crippen molar-refractivity contribution < 1.29 is 23.1 Å². The lowest BCUT2D eigenvalue weighted by atomic mass is 10.00. The Morgan fingerprint density at radius 1 is 1.18 bits per heavy atom. The van der Waals surface area contributed by atoms with E-state index in [2.05, 4.69) is 15.1 Å². The second-order valence-electron chi connectivity index (χ2n) is 5.07. The zero-order valence-electron chi connectivity index (χ0n) is 11.5. The quantitative estimate of drug-likeness (QED) is 0.927. The highest BCUT2D eigenvalue weighted by Crippen LogP contribution is 2.39. The van der Waals surface area contributed by atoms with E-state index in [1.165, 1.54) is 0 Å². The molecule has 5 nitrogen and oxygen atoms in total. The molecule has 0 saturated carbocycles. The van der Waals surface area contributed by atoms with Crippen LogP contribution in [0.15, 0.2) is 41.8 Å². The van der Waals surface area contributed by atoms with Crippen molar-refractivity contribution in [2.75, 3.05) is 0 Å². The predicted molar refractivity (Wildman–Crippen MR) is 71.9 cm³/mol. The fourth-order valence-corrected chi connectivity index (χ4v) is 2.15. The van der Waals surface area contributed by atoms with Gasteiger partial charge in [0, 0.05) is 18.8 Å². The number of hydrogen-bond acceptors (Lipinski definition) is 4. The van der Waals surface area contributed by atoms with Crippen LogP contribution in [0.2, 0.25) is 0 Å². The van der Waals surface area contributed by atoms with Crippen molar-refractivity contribution in [3.63, 3.8) is 0 Å². The second-order valence-corrected chi connectivity index (χ2v) is 5.07. The molecule has 116 valence electrons. The van der Waals surface area contributed by atoms with Gasteiger partial charge in [-0.3, -0.25) is 4.68 Å². The van der Waals surface area contributed by atoms with Crippen LogP contribution in [-0.2, 0) is 11.9 Å². The molecule has 0 saturated heterocycles. The van der Waals surface area contributed by atoms with Crippen molar-refractivity contribution >= 4 is 5.71 Å². The van der Waals surface area contributed by atoms with Crippen molar-refractivity contribution in [1.82, 2.24) is 9.78 Å². The van der Waals surface area contributed by atoms with Gasteiger partial charge in [0.2, 0.25) is 0 Å². The van der Waals surface area contributed by atoms with E-state index < -0.39 is 18.4 Å². The minimum atomic E-state index is -4.89. The highest BCUT2D eigenvalue weighted by atomic mass is 19.4. The molecule has 1 aliphatic heterocycles. The number of aryl methyl sites for hydroxylation is 1. The molecular formula is C14H12F3N3O2. The Balaban J connectivity index is 1.80. The topological polar surface area (TPSA) is 59.6 Å². The maximum Gasteiger partial charge on any atom is 0.458 e. The summed E-state index contributed by atoms with van der Waals surface area (Å²) in [4.78, 5) is 4.20. The van der Waals surface area contributed by atoms with Gasteiger partial charge in [-0.05, 0) is 11.1 Å². The summed E-state index contributed by atoms with van der Waals surface area (Å²) in [6.07, 6.45) is -2.11. The van der Waals surface area contributed by atoms with Gasteiger partial charge in [-0.25, -0.2) is 0 Å². The maximum atomic E-state index is 12.7. The van der Waals surface area contributed by atoms with E-state index in [0.717, 1.165) is 11.1 Å². The van der Waals surface area contributed by atoms with Gasteiger partial charge in [-0.2, -0.15) is 18.3 Å². The Morgan fingerprint density at radius 2 is 1.82 bits per heavy atom. The molecule has 0 amide bonds. The standard InChI is InChI=1S/C14H12F3N3O2/c1-20-8-11(7-18-20)9-2-4-10(5-3-9)12-6-13(21,22-19-12)14(15,16)17/h2-5,7-8,21H,6H2,1H3. The molecule has 0 radical (unpaired) electrons. The summed E-state index contributed by atoms with van der Waals surface area (Å²) in [6, 6.07) is 6.76. The van der Waals surface area contributed by atoms with Crippen LogP contribution in [0.3, 0.4) is 0 Å². The first-order valence-corrected chi connectivity index (χ1v) is 6.42. The summed E-state index contributed by atoms with van der Waals surface area (Å²) in [5, 5.41) is 16.8. The molecule has 2 aromatic rings. The first-order chi connectivity index (χ1) is 10.3. The lowest BCUT2D eigenvalue weighted by molar-refractivity contribution is -0.355. The van der Waals surface area contributed by atoms with Gasteiger partial charge in [0.15, 0.2) is 0 Å². The number of hydrogen-bond donors (Lipinski definition) is 1. The molecule has 2 heterocycles.